The standard InChI is InChI=1S/C14H14BrNO2S/c1-16(8-10-7-12(15)19-9-10)14(18)13(17)11-5-3-2-4-6-11/h2-7,9,13,17H,8H2,1H3. The molecule has 0 spiro atoms. The molecule has 5 heteroatoms. The van der Waals surface area contributed by atoms with Crippen molar-refractivity contribution in [3.63, 3.8) is 0 Å². The minimum atomic E-state index is -1.10. The zero-order valence-electron chi connectivity index (χ0n) is 10.4. The summed E-state index contributed by atoms with van der Waals surface area (Å²) in [6.07, 6.45) is -1.10. The van der Waals surface area contributed by atoms with Crippen LogP contribution in [0, 0.1) is 0 Å². The van der Waals surface area contributed by atoms with Gasteiger partial charge in [-0.3, -0.25) is 4.79 Å². The van der Waals surface area contributed by atoms with Crippen molar-refractivity contribution < 1.29 is 9.90 Å². The Labute approximate surface area is 124 Å². The predicted octanol–water partition coefficient (Wildman–Crippen LogP) is 3.20. The van der Waals surface area contributed by atoms with E-state index >= 15 is 0 Å². The van der Waals surface area contributed by atoms with Crippen molar-refractivity contribution >= 4 is 33.2 Å². The summed E-state index contributed by atoms with van der Waals surface area (Å²) >= 11 is 4.97. The van der Waals surface area contributed by atoms with Gasteiger partial charge in [-0.15, -0.1) is 11.3 Å². The monoisotopic (exact) mass is 339 g/mol. The van der Waals surface area contributed by atoms with Crippen LogP contribution in [0.1, 0.15) is 17.2 Å². The fourth-order valence-electron chi connectivity index (χ4n) is 1.77. The number of benzene rings is 1. The van der Waals surface area contributed by atoms with Crippen LogP contribution in [0.15, 0.2) is 45.6 Å². The smallest absolute Gasteiger partial charge is 0.256 e. The van der Waals surface area contributed by atoms with E-state index in [1.165, 1.54) is 4.90 Å². The molecule has 2 aromatic rings. The molecule has 0 fully saturated rings. The van der Waals surface area contributed by atoms with Gasteiger partial charge in [0.1, 0.15) is 0 Å². The van der Waals surface area contributed by atoms with Gasteiger partial charge in [0.2, 0.25) is 0 Å². The molecule has 0 radical (unpaired) electrons. The van der Waals surface area contributed by atoms with Gasteiger partial charge < -0.3 is 10.0 Å². The van der Waals surface area contributed by atoms with Crippen molar-refractivity contribution in [2.45, 2.75) is 12.6 Å². The Morgan fingerprint density at radius 1 is 1.42 bits per heavy atom. The van der Waals surface area contributed by atoms with Crippen LogP contribution in [0.3, 0.4) is 0 Å². The Morgan fingerprint density at radius 3 is 2.68 bits per heavy atom. The molecule has 0 aliphatic carbocycles. The number of amides is 1. The molecule has 0 bridgehead atoms. The van der Waals surface area contributed by atoms with E-state index in [1.54, 1.807) is 30.5 Å². The Kier molecular flexibility index (Phi) is 4.74. The number of hydrogen-bond donors (Lipinski definition) is 1. The number of thiophene rings is 1. The van der Waals surface area contributed by atoms with E-state index in [9.17, 15) is 9.90 Å². The second kappa shape index (κ2) is 6.32. The molecule has 1 aromatic heterocycles. The predicted molar refractivity (Wildman–Crippen MR) is 79.9 cm³/mol. The molecule has 0 saturated carbocycles. The molecule has 2 rings (SSSR count). The SMILES string of the molecule is CN(Cc1csc(Br)c1)C(=O)C(O)c1ccccc1. The summed E-state index contributed by atoms with van der Waals surface area (Å²) in [4.78, 5) is 13.7. The Morgan fingerprint density at radius 2 is 2.11 bits per heavy atom. The zero-order chi connectivity index (χ0) is 13.8. The molecule has 1 amide bonds. The fraction of sp³-hybridized carbons (Fsp3) is 0.214. The molecule has 1 N–H and O–H groups in total. The summed E-state index contributed by atoms with van der Waals surface area (Å²) in [6, 6.07) is 10.9. The lowest BCUT2D eigenvalue weighted by Gasteiger charge is -2.20. The number of nitrogens with zero attached hydrogens (tertiary/aromatic N) is 1. The molecule has 0 saturated heterocycles. The van der Waals surface area contributed by atoms with Gasteiger partial charge in [0.25, 0.3) is 5.91 Å². The van der Waals surface area contributed by atoms with Crippen molar-refractivity contribution in [2.24, 2.45) is 0 Å². The Bertz CT molecular complexity index is 556. The summed E-state index contributed by atoms with van der Waals surface area (Å²) in [5, 5.41) is 12.0. The van der Waals surface area contributed by atoms with Gasteiger partial charge in [0, 0.05) is 13.6 Å². The van der Waals surface area contributed by atoms with Crippen LogP contribution in [0.2, 0.25) is 0 Å². The average Bonchev–Trinajstić information content (AvgIpc) is 2.83. The molecule has 0 aliphatic rings. The average molecular weight is 340 g/mol. The maximum absolute atomic E-state index is 12.1. The number of hydrogen-bond acceptors (Lipinski definition) is 3. The van der Waals surface area contributed by atoms with Gasteiger partial charge in [0.05, 0.1) is 3.79 Å². The van der Waals surface area contributed by atoms with Gasteiger partial charge in [-0.2, -0.15) is 0 Å². The van der Waals surface area contributed by atoms with Gasteiger partial charge in [-0.1, -0.05) is 30.3 Å². The number of halogens is 1. The zero-order valence-corrected chi connectivity index (χ0v) is 12.8. The van der Waals surface area contributed by atoms with Crippen LogP contribution >= 0.6 is 27.3 Å². The van der Waals surface area contributed by atoms with Crippen LogP contribution in [0.5, 0.6) is 0 Å². The highest BCUT2D eigenvalue weighted by Crippen LogP contribution is 2.22. The largest absolute Gasteiger partial charge is 0.378 e. The van der Waals surface area contributed by atoms with Crippen molar-refractivity contribution in [3.05, 3.63) is 56.7 Å². The highest BCUT2D eigenvalue weighted by molar-refractivity contribution is 9.11. The normalized spacial score (nSPS) is 12.2. The summed E-state index contributed by atoms with van der Waals surface area (Å²) in [5.74, 6) is -0.298. The molecule has 3 nitrogen and oxygen atoms in total. The van der Waals surface area contributed by atoms with Gasteiger partial charge >= 0.3 is 0 Å². The molecule has 19 heavy (non-hydrogen) atoms. The highest BCUT2D eigenvalue weighted by Gasteiger charge is 2.21. The van der Waals surface area contributed by atoms with Crippen LogP contribution < -0.4 is 0 Å². The highest BCUT2D eigenvalue weighted by atomic mass is 79.9. The van der Waals surface area contributed by atoms with E-state index in [2.05, 4.69) is 15.9 Å². The summed E-state index contributed by atoms with van der Waals surface area (Å²) in [6.45, 7) is 0.491. The number of rotatable bonds is 4. The van der Waals surface area contributed by atoms with E-state index in [0.717, 1.165) is 9.35 Å². The number of aliphatic hydroxyl groups is 1. The third kappa shape index (κ3) is 3.65. The molecule has 1 aromatic carbocycles. The fourth-order valence-corrected chi connectivity index (χ4v) is 2.97. The van der Waals surface area contributed by atoms with E-state index in [1.807, 2.05) is 29.6 Å². The summed E-state index contributed by atoms with van der Waals surface area (Å²) in [7, 11) is 1.69. The lowest BCUT2D eigenvalue weighted by molar-refractivity contribution is -0.139. The first kappa shape index (κ1) is 14.2. The van der Waals surface area contributed by atoms with E-state index in [0.29, 0.717) is 12.1 Å². The maximum atomic E-state index is 12.1. The van der Waals surface area contributed by atoms with Gasteiger partial charge in [-0.05, 0) is 38.5 Å². The molecule has 1 heterocycles. The topological polar surface area (TPSA) is 40.5 Å². The van der Waals surface area contributed by atoms with E-state index in [-0.39, 0.29) is 5.91 Å². The summed E-state index contributed by atoms with van der Waals surface area (Å²) < 4.78 is 1.03. The first-order chi connectivity index (χ1) is 9.08. The lowest BCUT2D eigenvalue weighted by atomic mass is 10.1. The van der Waals surface area contributed by atoms with Crippen molar-refractivity contribution in [1.82, 2.24) is 4.90 Å². The molecule has 1 atom stereocenters. The maximum Gasteiger partial charge on any atom is 0.256 e. The van der Waals surface area contributed by atoms with Crippen molar-refractivity contribution in [3.8, 4) is 0 Å². The quantitative estimate of drug-likeness (QED) is 0.929. The summed E-state index contributed by atoms with van der Waals surface area (Å²) in [5.41, 5.74) is 1.67. The number of aliphatic hydroxyl groups excluding tert-OH is 1. The molecule has 0 aliphatic heterocycles. The molecule has 1 unspecified atom stereocenters. The van der Waals surface area contributed by atoms with E-state index < -0.39 is 6.10 Å². The third-order valence-electron chi connectivity index (χ3n) is 2.77. The Hall–Kier alpha value is -1.17. The van der Waals surface area contributed by atoms with E-state index in [4.69, 9.17) is 0 Å². The van der Waals surface area contributed by atoms with Gasteiger partial charge in [-0.25, -0.2) is 0 Å². The van der Waals surface area contributed by atoms with Crippen LogP contribution in [0.4, 0.5) is 0 Å². The number of carbonyl (C=O) groups is 1. The minimum absolute atomic E-state index is 0.298. The third-order valence-corrected chi connectivity index (χ3v) is 4.32. The van der Waals surface area contributed by atoms with Crippen molar-refractivity contribution in [1.29, 1.82) is 0 Å². The molecule has 100 valence electrons. The van der Waals surface area contributed by atoms with Gasteiger partial charge in [0.15, 0.2) is 6.10 Å². The minimum Gasteiger partial charge on any atom is -0.378 e. The first-order valence-electron chi connectivity index (χ1n) is 5.79. The molecular formula is C14H14BrNO2S. The second-order valence-corrected chi connectivity index (χ2v) is 6.56. The lowest BCUT2D eigenvalue weighted by Crippen LogP contribution is -2.31. The van der Waals surface area contributed by atoms with Crippen LogP contribution in [-0.4, -0.2) is 23.0 Å². The van der Waals surface area contributed by atoms with Crippen LogP contribution in [-0.2, 0) is 11.3 Å². The number of carbonyl (C=O) groups excluding carboxylic acids is 1. The van der Waals surface area contributed by atoms with Crippen LogP contribution in [0.25, 0.3) is 0 Å². The Balaban J connectivity index is 2.03. The number of likely N-dealkylation sites (N-methyl/N-ethyl adjacent to an activating group) is 1. The second-order valence-electron chi connectivity index (χ2n) is 4.27. The van der Waals surface area contributed by atoms with Crippen molar-refractivity contribution in [2.75, 3.05) is 7.05 Å². The molecular weight excluding hydrogens is 326 g/mol. The first-order valence-corrected chi connectivity index (χ1v) is 7.46.